The predicted molar refractivity (Wildman–Crippen MR) is 80.7 cm³/mol. The van der Waals surface area contributed by atoms with Crippen molar-refractivity contribution in [1.82, 2.24) is 14.8 Å². The third-order valence-corrected chi connectivity index (χ3v) is 3.99. The van der Waals surface area contributed by atoms with E-state index in [9.17, 15) is 0 Å². The van der Waals surface area contributed by atoms with Gasteiger partial charge in [0.1, 0.15) is 0 Å². The van der Waals surface area contributed by atoms with Gasteiger partial charge in [0.2, 0.25) is 0 Å². The second kappa shape index (κ2) is 6.10. The van der Waals surface area contributed by atoms with E-state index in [1.807, 2.05) is 17.9 Å². The number of aryl methyl sites for hydroxylation is 2. The Kier molecular flexibility index (Phi) is 4.47. The summed E-state index contributed by atoms with van der Waals surface area (Å²) in [5, 5.41) is 12.8. The molecule has 5 heteroatoms. The molecular weight excluding hydrogens is 256 g/mol. The van der Waals surface area contributed by atoms with Crippen molar-refractivity contribution in [3.05, 3.63) is 35.2 Å². The molecule has 1 aromatic heterocycles. The summed E-state index contributed by atoms with van der Waals surface area (Å²) in [4.78, 5) is 0. The first-order valence-electron chi connectivity index (χ1n) is 6.42. The van der Waals surface area contributed by atoms with Gasteiger partial charge >= 0.3 is 0 Å². The molecule has 0 atom stereocenters. The normalized spacial score (nSPS) is 10.7. The van der Waals surface area contributed by atoms with Crippen LogP contribution in [0, 0.1) is 6.92 Å². The van der Waals surface area contributed by atoms with Gasteiger partial charge in [-0.1, -0.05) is 36.9 Å². The van der Waals surface area contributed by atoms with E-state index in [4.69, 9.17) is 0 Å². The molecule has 0 aliphatic carbocycles. The third kappa shape index (κ3) is 2.92. The van der Waals surface area contributed by atoms with E-state index < -0.39 is 0 Å². The van der Waals surface area contributed by atoms with Gasteiger partial charge in [-0.3, -0.25) is 0 Å². The number of benzene rings is 1. The Hall–Kier alpha value is -1.49. The highest BCUT2D eigenvalue weighted by atomic mass is 32.2. The van der Waals surface area contributed by atoms with Crippen molar-refractivity contribution in [2.24, 2.45) is 7.05 Å². The fraction of sp³-hybridized carbons (Fsp3) is 0.429. The average molecular weight is 276 g/mol. The number of hydrogen-bond acceptors (Lipinski definition) is 4. The van der Waals surface area contributed by atoms with Crippen LogP contribution in [-0.2, 0) is 20.0 Å². The first kappa shape index (κ1) is 13.9. The lowest BCUT2D eigenvalue weighted by molar-refractivity contribution is 0.745. The largest absolute Gasteiger partial charge is 0.377 e. The number of hydrogen-bond donors (Lipinski definition) is 1. The number of para-hydroxylation sites is 1. The van der Waals surface area contributed by atoms with E-state index in [0.29, 0.717) is 6.54 Å². The molecule has 19 heavy (non-hydrogen) atoms. The summed E-state index contributed by atoms with van der Waals surface area (Å²) in [5.74, 6) is 0.953. The van der Waals surface area contributed by atoms with Crippen molar-refractivity contribution in [3.8, 4) is 0 Å². The van der Waals surface area contributed by atoms with E-state index in [1.165, 1.54) is 16.8 Å². The van der Waals surface area contributed by atoms with Crippen molar-refractivity contribution in [2.75, 3.05) is 11.6 Å². The second-order valence-electron chi connectivity index (χ2n) is 4.48. The zero-order chi connectivity index (χ0) is 13.8. The van der Waals surface area contributed by atoms with Gasteiger partial charge in [-0.2, -0.15) is 0 Å². The van der Waals surface area contributed by atoms with Gasteiger partial charge in [0, 0.05) is 12.7 Å². The summed E-state index contributed by atoms with van der Waals surface area (Å²) in [6, 6.07) is 6.40. The Labute approximate surface area is 118 Å². The van der Waals surface area contributed by atoms with Crippen molar-refractivity contribution < 1.29 is 0 Å². The molecular formula is C14H20N4S. The molecule has 0 saturated carbocycles. The fourth-order valence-electron chi connectivity index (χ4n) is 2.12. The number of nitrogens with zero attached hydrogens (tertiary/aromatic N) is 3. The summed E-state index contributed by atoms with van der Waals surface area (Å²) in [6.07, 6.45) is 3.04. The highest BCUT2D eigenvalue weighted by molar-refractivity contribution is 7.98. The van der Waals surface area contributed by atoms with Crippen LogP contribution in [-0.4, -0.2) is 21.0 Å². The molecule has 0 unspecified atom stereocenters. The van der Waals surface area contributed by atoms with E-state index in [-0.39, 0.29) is 0 Å². The zero-order valence-corrected chi connectivity index (χ0v) is 12.7. The van der Waals surface area contributed by atoms with Crippen molar-refractivity contribution >= 4 is 17.4 Å². The molecule has 0 fully saturated rings. The summed E-state index contributed by atoms with van der Waals surface area (Å²) in [7, 11) is 2.00. The van der Waals surface area contributed by atoms with Crippen LogP contribution in [0.15, 0.2) is 23.4 Å². The SMILES string of the molecule is CCc1cccc(C)c1NCc1nnc(SC)n1C. The Morgan fingerprint density at radius 3 is 2.74 bits per heavy atom. The molecule has 4 nitrogen and oxygen atoms in total. The smallest absolute Gasteiger partial charge is 0.190 e. The van der Waals surface area contributed by atoms with E-state index in [0.717, 1.165) is 17.4 Å². The van der Waals surface area contributed by atoms with Crippen LogP contribution in [0.25, 0.3) is 0 Å². The molecule has 0 amide bonds. The number of nitrogens with one attached hydrogen (secondary N) is 1. The molecule has 102 valence electrons. The zero-order valence-electron chi connectivity index (χ0n) is 11.9. The fourth-order valence-corrected chi connectivity index (χ4v) is 2.62. The number of thioether (sulfide) groups is 1. The van der Waals surface area contributed by atoms with Crippen LogP contribution < -0.4 is 5.32 Å². The van der Waals surface area contributed by atoms with Crippen LogP contribution in [0.5, 0.6) is 0 Å². The van der Waals surface area contributed by atoms with Crippen molar-refractivity contribution in [3.63, 3.8) is 0 Å². The topological polar surface area (TPSA) is 42.7 Å². The standard InChI is InChI=1S/C14H20N4S/c1-5-11-8-6-7-10(2)13(11)15-9-12-16-17-14(19-4)18(12)3/h6-8,15H,5,9H2,1-4H3. The van der Waals surface area contributed by atoms with E-state index >= 15 is 0 Å². The first-order valence-corrected chi connectivity index (χ1v) is 7.64. The highest BCUT2D eigenvalue weighted by Crippen LogP contribution is 2.22. The van der Waals surface area contributed by atoms with Crippen molar-refractivity contribution in [2.45, 2.75) is 32.0 Å². The third-order valence-electron chi connectivity index (χ3n) is 3.27. The van der Waals surface area contributed by atoms with Gasteiger partial charge in [0.05, 0.1) is 6.54 Å². The molecule has 1 heterocycles. The molecule has 0 bridgehead atoms. The lowest BCUT2D eigenvalue weighted by Crippen LogP contribution is -2.08. The van der Waals surface area contributed by atoms with E-state index in [1.54, 1.807) is 11.8 Å². The van der Waals surface area contributed by atoms with Gasteiger partial charge in [-0.25, -0.2) is 0 Å². The molecule has 2 rings (SSSR count). The van der Waals surface area contributed by atoms with Gasteiger partial charge in [0.25, 0.3) is 0 Å². The lowest BCUT2D eigenvalue weighted by atomic mass is 10.1. The summed E-state index contributed by atoms with van der Waals surface area (Å²) >= 11 is 1.61. The molecule has 1 aromatic carbocycles. The minimum Gasteiger partial charge on any atom is -0.377 e. The molecule has 0 aliphatic heterocycles. The van der Waals surface area contributed by atoms with Crippen LogP contribution in [0.3, 0.4) is 0 Å². The Morgan fingerprint density at radius 1 is 1.32 bits per heavy atom. The molecule has 0 saturated heterocycles. The summed E-state index contributed by atoms with van der Waals surface area (Å²) < 4.78 is 2.03. The number of anilines is 1. The number of aromatic nitrogens is 3. The molecule has 2 aromatic rings. The minimum absolute atomic E-state index is 0.696. The second-order valence-corrected chi connectivity index (χ2v) is 5.25. The molecule has 0 aliphatic rings. The Bertz CT molecular complexity index is 563. The number of rotatable bonds is 5. The molecule has 1 N–H and O–H groups in total. The van der Waals surface area contributed by atoms with Crippen LogP contribution >= 0.6 is 11.8 Å². The maximum atomic E-state index is 4.22. The van der Waals surface area contributed by atoms with Crippen LogP contribution in [0.2, 0.25) is 0 Å². The minimum atomic E-state index is 0.696. The molecule has 0 spiro atoms. The monoisotopic (exact) mass is 276 g/mol. The predicted octanol–water partition coefficient (Wildman–Crippen LogP) is 3.02. The average Bonchev–Trinajstić information content (AvgIpc) is 2.77. The van der Waals surface area contributed by atoms with Gasteiger partial charge in [-0.05, 0) is 30.7 Å². The van der Waals surface area contributed by atoms with Crippen molar-refractivity contribution in [1.29, 1.82) is 0 Å². The van der Waals surface area contributed by atoms with Gasteiger partial charge < -0.3 is 9.88 Å². The summed E-state index contributed by atoms with van der Waals surface area (Å²) in [6.45, 7) is 5.00. The summed E-state index contributed by atoms with van der Waals surface area (Å²) in [5.41, 5.74) is 3.83. The van der Waals surface area contributed by atoms with Gasteiger partial charge in [0.15, 0.2) is 11.0 Å². The van der Waals surface area contributed by atoms with Crippen LogP contribution in [0.1, 0.15) is 23.9 Å². The maximum absolute atomic E-state index is 4.22. The Morgan fingerprint density at radius 2 is 2.11 bits per heavy atom. The highest BCUT2D eigenvalue weighted by Gasteiger charge is 2.09. The van der Waals surface area contributed by atoms with Crippen LogP contribution in [0.4, 0.5) is 5.69 Å². The first-order chi connectivity index (χ1) is 9.17. The van der Waals surface area contributed by atoms with Gasteiger partial charge in [-0.15, -0.1) is 10.2 Å². The maximum Gasteiger partial charge on any atom is 0.190 e. The quantitative estimate of drug-likeness (QED) is 0.852. The Balaban J connectivity index is 2.16. The molecule has 0 radical (unpaired) electrons. The van der Waals surface area contributed by atoms with E-state index in [2.05, 4.69) is 47.6 Å². The lowest BCUT2D eigenvalue weighted by Gasteiger charge is -2.13.